The second kappa shape index (κ2) is 21.1. The lowest BCUT2D eigenvalue weighted by Crippen LogP contribution is -2.51. The van der Waals surface area contributed by atoms with Crippen LogP contribution in [0.1, 0.15) is 123 Å². The molecule has 7 heterocycles. The van der Waals surface area contributed by atoms with E-state index in [9.17, 15) is 39.6 Å². The first kappa shape index (κ1) is 53.9. The van der Waals surface area contributed by atoms with Gasteiger partial charge in [-0.05, 0) is 89.4 Å². The smallest absolute Gasteiger partial charge is 0.315 e. The van der Waals surface area contributed by atoms with Crippen LogP contribution in [0.25, 0.3) is 10.8 Å². The maximum Gasteiger partial charge on any atom is 0.315 e. The predicted molar refractivity (Wildman–Crippen MR) is 275 cm³/mol. The Kier molecular flexibility index (Phi) is 15.6. The van der Waals surface area contributed by atoms with Gasteiger partial charge in [-0.3, -0.25) is 24.2 Å². The first-order valence-electron chi connectivity index (χ1n) is 26.5. The maximum absolute atomic E-state index is 14.9. The Bertz CT molecular complexity index is 2720. The van der Waals surface area contributed by atoms with Crippen LogP contribution >= 0.6 is 0 Å². The summed E-state index contributed by atoms with van der Waals surface area (Å²) in [5, 5.41) is 51.4. The summed E-state index contributed by atoms with van der Waals surface area (Å²) in [6, 6.07) is 0. The molecule has 3 saturated heterocycles. The number of piperidine rings is 3. The minimum absolute atomic E-state index is 0.0469. The normalized spacial score (nSPS) is 31.5. The van der Waals surface area contributed by atoms with Gasteiger partial charge in [-0.15, -0.1) is 0 Å². The van der Waals surface area contributed by atoms with Crippen molar-refractivity contribution in [2.45, 2.75) is 143 Å². The lowest BCUT2D eigenvalue weighted by Gasteiger charge is -2.47. The van der Waals surface area contributed by atoms with Crippen molar-refractivity contribution in [3.05, 3.63) is 58.0 Å². The van der Waals surface area contributed by atoms with Crippen molar-refractivity contribution in [2.24, 2.45) is 45.0 Å². The molecule has 2 aromatic rings. The van der Waals surface area contributed by atoms with Crippen LogP contribution in [-0.2, 0) is 23.9 Å². The average molecular weight is 1010 g/mol. The number of anilines is 1. The number of Topliss-reactive ketones (excluding diaryl/α,β-unsaturated/α-hetero) is 1. The van der Waals surface area contributed by atoms with Crippen molar-refractivity contribution in [1.29, 1.82) is 0 Å². The molecular formula is C56H78N6O11. The molecule has 73 heavy (non-hydrogen) atoms. The van der Waals surface area contributed by atoms with Gasteiger partial charge in [0.25, 0.3) is 11.7 Å². The minimum atomic E-state index is -1.94. The van der Waals surface area contributed by atoms with Crippen LogP contribution in [0.4, 0.5) is 5.69 Å². The summed E-state index contributed by atoms with van der Waals surface area (Å²) >= 11 is 0. The third-order valence-corrected chi connectivity index (χ3v) is 16.8. The molecule has 5 bridgehead atoms. The third kappa shape index (κ3) is 10.7. The average Bonchev–Trinajstić information content (AvgIpc) is 3.86. The number of hydrogen-bond acceptors (Lipinski definition) is 15. The number of phenols is 2. The van der Waals surface area contributed by atoms with Crippen molar-refractivity contribution < 1.29 is 53.8 Å². The Morgan fingerprint density at radius 2 is 1.62 bits per heavy atom. The van der Waals surface area contributed by atoms with E-state index < -0.39 is 83.3 Å². The number of esters is 1. The maximum atomic E-state index is 14.9. The number of carbonyl (C=O) groups is 4. The lowest BCUT2D eigenvalue weighted by molar-refractivity contribution is -0.163. The van der Waals surface area contributed by atoms with Gasteiger partial charge >= 0.3 is 11.8 Å². The first-order valence-corrected chi connectivity index (χ1v) is 26.5. The molecule has 7 aliphatic heterocycles. The summed E-state index contributed by atoms with van der Waals surface area (Å²) in [6.45, 7) is 21.5. The van der Waals surface area contributed by atoms with Crippen LogP contribution in [0.3, 0.4) is 0 Å². The first-order chi connectivity index (χ1) is 34.5. The number of hydrogen-bond donors (Lipinski definition) is 5. The fourth-order valence-corrected chi connectivity index (χ4v) is 12.1. The number of ketones is 1. The molecule has 398 valence electrons. The molecule has 0 radical (unpaired) electrons. The molecule has 2 spiro atoms. The molecule has 0 aliphatic carbocycles. The molecule has 8 atom stereocenters. The molecule has 3 fully saturated rings. The summed E-state index contributed by atoms with van der Waals surface area (Å²) in [4.78, 5) is 72.6. The number of amides is 2. The number of nitrogens with one attached hydrogen (secondary N) is 1. The lowest BCUT2D eigenvalue weighted by atomic mass is 9.72. The van der Waals surface area contributed by atoms with Gasteiger partial charge in [-0.1, -0.05) is 59.8 Å². The number of likely N-dealkylation sites (tertiary alicyclic amines) is 3. The molecule has 17 nitrogen and oxygen atoms in total. The van der Waals surface area contributed by atoms with Gasteiger partial charge in [-0.2, -0.15) is 0 Å². The molecule has 0 saturated carbocycles. The van der Waals surface area contributed by atoms with E-state index in [0.717, 1.165) is 58.4 Å². The van der Waals surface area contributed by atoms with E-state index in [2.05, 4.69) is 41.0 Å². The van der Waals surface area contributed by atoms with E-state index in [4.69, 9.17) is 19.2 Å². The monoisotopic (exact) mass is 1010 g/mol. The second-order valence-electron chi connectivity index (χ2n) is 23.0. The topological polar surface area (TPSA) is 223 Å². The van der Waals surface area contributed by atoms with E-state index >= 15 is 0 Å². The zero-order valence-electron chi connectivity index (χ0n) is 44.5. The highest BCUT2D eigenvalue weighted by Crippen LogP contribution is 2.51. The standard InChI is InChI=1S/C56H78N6O11/c1-31(2)29-61-25-20-56(21-26-61)58-43-40-41-48(67)37(8)51-42(40)52(69)54(9,73-51)71-27-12-16-33(4)50(72-39(64)28-38(63)62-22-13-17-55(30-62)18-23-60(10)24-19-55)36(7)47(66)35(6)46(65)32(3)14-11-15-34(5)53(70)57-45(49(41)68)44(43)59-56/h11-12,14-15,27,31-33,35-36,46-47,50,58,65-68H,13,16-26,28-30H2,1-10H3/b14-11+,27-12+,34-15-,57-45?/t32-,33+,35+,36+,46-,47+,50+,54-/m0/s1. The highest BCUT2D eigenvalue weighted by molar-refractivity contribution is 6.21. The summed E-state index contributed by atoms with van der Waals surface area (Å²) in [7, 11) is 2.11. The van der Waals surface area contributed by atoms with Gasteiger partial charge in [0.05, 0.1) is 35.1 Å². The summed E-state index contributed by atoms with van der Waals surface area (Å²) < 4.78 is 18.7. The van der Waals surface area contributed by atoms with Crippen molar-refractivity contribution in [3.63, 3.8) is 0 Å². The van der Waals surface area contributed by atoms with Crippen molar-refractivity contribution in [1.82, 2.24) is 14.7 Å². The molecule has 9 rings (SSSR count). The number of aliphatic hydroxyl groups is 2. The van der Waals surface area contributed by atoms with Gasteiger partial charge in [0, 0.05) is 86.8 Å². The number of rotatable bonds is 5. The summed E-state index contributed by atoms with van der Waals surface area (Å²) in [6.07, 6.45) is 9.62. The van der Waals surface area contributed by atoms with Crippen LogP contribution in [0.2, 0.25) is 0 Å². The zero-order valence-corrected chi connectivity index (χ0v) is 44.5. The Labute approximate surface area is 429 Å². The predicted octanol–water partition coefficient (Wildman–Crippen LogP) is 5.83. The molecule has 2 aromatic carbocycles. The quantitative estimate of drug-likeness (QED) is 0.135. The Morgan fingerprint density at radius 1 is 0.918 bits per heavy atom. The van der Waals surface area contributed by atoms with Crippen LogP contribution in [-0.4, -0.2) is 141 Å². The van der Waals surface area contributed by atoms with E-state index in [1.165, 1.54) is 13.2 Å². The third-order valence-electron chi connectivity index (χ3n) is 16.8. The largest absolute Gasteiger partial charge is 0.507 e. The Balaban J connectivity index is 1.14. The molecule has 0 aromatic heterocycles. The highest BCUT2D eigenvalue weighted by atomic mass is 16.7. The van der Waals surface area contributed by atoms with Crippen molar-refractivity contribution >= 4 is 40.0 Å². The number of allylic oxidation sites excluding steroid dienone is 3. The van der Waals surface area contributed by atoms with Crippen LogP contribution in [0, 0.1) is 41.9 Å². The van der Waals surface area contributed by atoms with E-state index in [0.29, 0.717) is 37.5 Å². The number of aliphatic hydroxyl groups excluding tert-OH is 2. The van der Waals surface area contributed by atoms with Gasteiger partial charge in [0.2, 0.25) is 5.91 Å². The molecule has 7 aliphatic rings. The molecule has 5 N–H and O–H groups in total. The SMILES string of the molecule is C/C1=C/C=C/[C@H](C)[C@H](O)[C@@H](C)[C@@H](O)[C@@H](C)[C@H](OC(=O)CC(=O)N2CCCC3(CCN(C)CC3)C2)[C@H](C)C/C=C/O[C@@]2(C)Oc3c(C)c(O)c4c(O)c(c5c(c4c3C2=O)NC2(CCN(CC(C)C)CC2)N=5)=NC1=O. The van der Waals surface area contributed by atoms with Crippen molar-refractivity contribution in [3.8, 4) is 17.2 Å². The number of aromatic hydroxyl groups is 2. The van der Waals surface area contributed by atoms with Gasteiger partial charge in [0.1, 0.15) is 40.4 Å². The number of carbonyl (C=O) groups excluding carboxylic acids is 4. The van der Waals surface area contributed by atoms with Gasteiger partial charge in [0.15, 0.2) is 5.75 Å². The Hall–Kier alpha value is -5.36. The van der Waals surface area contributed by atoms with E-state index in [1.807, 2.05) is 6.92 Å². The molecule has 2 amide bonds. The Morgan fingerprint density at radius 3 is 2.30 bits per heavy atom. The van der Waals surface area contributed by atoms with Crippen LogP contribution in [0.15, 0.2) is 46.1 Å². The molecule has 0 unspecified atom stereocenters. The second-order valence-corrected chi connectivity index (χ2v) is 23.0. The number of ether oxygens (including phenoxy) is 3. The fraction of sp³-hybridized carbons (Fsp3) is 0.643. The summed E-state index contributed by atoms with van der Waals surface area (Å²) in [5.41, 5.74) is -0.0621. The fourth-order valence-electron chi connectivity index (χ4n) is 12.1. The van der Waals surface area contributed by atoms with Gasteiger partial charge in [-0.25, -0.2) is 4.99 Å². The number of fused-ring (bicyclic) bond motifs is 13. The number of phenolic OH excluding ortho intramolecular Hbond substituents is 2. The highest BCUT2D eigenvalue weighted by Gasteiger charge is 2.51. The van der Waals surface area contributed by atoms with E-state index in [1.54, 1.807) is 63.8 Å². The minimum Gasteiger partial charge on any atom is -0.507 e. The number of nitrogens with zero attached hydrogens (tertiary/aromatic N) is 5. The van der Waals surface area contributed by atoms with Crippen LogP contribution < -0.4 is 20.8 Å². The number of benzene rings is 2. The molecular weight excluding hydrogens is 933 g/mol. The zero-order chi connectivity index (χ0) is 52.9. The van der Waals surface area contributed by atoms with Gasteiger partial charge < -0.3 is 54.7 Å². The van der Waals surface area contributed by atoms with E-state index in [-0.39, 0.29) is 67.4 Å². The van der Waals surface area contributed by atoms with Crippen LogP contribution in [0.5, 0.6) is 17.2 Å². The summed E-state index contributed by atoms with van der Waals surface area (Å²) in [5.74, 6) is -6.98. The molecule has 17 heteroatoms. The van der Waals surface area contributed by atoms with Crippen molar-refractivity contribution in [2.75, 3.05) is 58.2 Å².